The average molecular weight is 516 g/mol. The second-order valence-corrected chi connectivity index (χ2v) is 11.3. The predicted octanol–water partition coefficient (Wildman–Crippen LogP) is 4.91. The molecule has 0 saturated carbocycles. The number of carbonyl (C=O) groups excluding carboxylic acids is 1. The number of sulfone groups is 1. The SMILES string of the molecule is O=C(C=Cc1cn(-c2ccccc2)nc1-c1ccc(F)cc1)N(Cc1ccccc1)C1CCS(=O)(=O)C1. The van der Waals surface area contributed by atoms with Crippen molar-refractivity contribution in [2.45, 2.75) is 19.0 Å². The standard InChI is InChI=1S/C29H26FN3O3S/c30-25-14-11-23(12-15-25)29-24(20-33(31-29)26-9-5-2-6-10-26)13-16-28(34)32(19-22-7-3-1-4-8-22)27-17-18-37(35,36)21-27/h1-16,20,27H,17-19,21H2. The number of rotatable bonds is 7. The van der Waals surface area contributed by atoms with Gasteiger partial charge in [-0.25, -0.2) is 17.5 Å². The van der Waals surface area contributed by atoms with E-state index >= 15 is 0 Å². The summed E-state index contributed by atoms with van der Waals surface area (Å²) in [6.45, 7) is 0.318. The molecule has 1 amide bonds. The van der Waals surface area contributed by atoms with Crippen LogP contribution in [0.3, 0.4) is 0 Å². The van der Waals surface area contributed by atoms with Crippen molar-refractivity contribution < 1.29 is 17.6 Å². The Labute approximate surface area is 215 Å². The molecule has 0 bridgehead atoms. The molecule has 1 atom stereocenters. The first-order chi connectivity index (χ1) is 17.9. The maximum atomic E-state index is 13.6. The summed E-state index contributed by atoms with van der Waals surface area (Å²) in [4.78, 5) is 15.1. The molecule has 1 aromatic heterocycles. The van der Waals surface area contributed by atoms with E-state index in [1.165, 1.54) is 18.2 Å². The van der Waals surface area contributed by atoms with E-state index in [9.17, 15) is 17.6 Å². The van der Waals surface area contributed by atoms with Gasteiger partial charge in [0.1, 0.15) is 5.82 Å². The van der Waals surface area contributed by atoms with Crippen molar-refractivity contribution in [2.24, 2.45) is 0 Å². The monoisotopic (exact) mass is 515 g/mol. The van der Waals surface area contributed by atoms with Crippen LogP contribution in [0.5, 0.6) is 0 Å². The summed E-state index contributed by atoms with van der Waals surface area (Å²) in [5.41, 5.74) is 3.77. The molecule has 0 aliphatic carbocycles. The topological polar surface area (TPSA) is 72.3 Å². The molecule has 5 rings (SSSR count). The quantitative estimate of drug-likeness (QED) is 0.328. The minimum atomic E-state index is -3.17. The van der Waals surface area contributed by atoms with Gasteiger partial charge in [-0.1, -0.05) is 48.5 Å². The van der Waals surface area contributed by atoms with Crippen LogP contribution in [0.1, 0.15) is 17.5 Å². The summed E-state index contributed by atoms with van der Waals surface area (Å²) < 4.78 is 39.6. The van der Waals surface area contributed by atoms with Crippen LogP contribution in [-0.4, -0.2) is 46.6 Å². The fraction of sp³-hybridized carbons (Fsp3) is 0.172. The fourth-order valence-corrected chi connectivity index (χ4v) is 6.23. The van der Waals surface area contributed by atoms with Crippen molar-refractivity contribution in [3.05, 3.63) is 114 Å². The van der Waals surface area contributed by atoms with Crippen LogP contribution in [-0.2, 0) is 21.2 Å². The molecule has 0 N–H and O–H groups in total. The van der Waals surface area contributed by atoms with Gasteiger partial charge in [-0.05, 0) is 54.5 Å². The Morgan fingerprint density at radius 2 is 1.68 bits per heavy atom. The number of amides is 1. The Balaban J connectivity index is 1.48. The molecule has 0 radical (unpaired) electrons. The molecule has 188 valence electrons. The number of hydrogen-bond acceptors (Lipinski definition) is 4. The van der Waals surface area contributed by atoms with Crippen LogP contribution in [0.15, 0.2) is 97.2 Å². The van der Waals surface area contributed by atoms with Gasteiger partial charge in [-0.15, -0.1) is 0 Å². The van der Waals surface area contributed by atoms with Crippen LogP contribution in [0, 0.1) is 5.82 Å². The van der Waals surface area contributed by atoms with Crippen LogP contribution >= 0.6 is 0 Å². The highest BCUT2D eigenvalue weighted by Gasteiger charge is 2.34. The highest BCUT2D eigenvalue weighted by Crippen LogP contribution is 2.26. The minimum Gasteiger partial charge on any atom is -0.331 e. The third kappa shape index (κ3) is 5.86. The van der Waals surface area contributed by atoms with Gasteiger partial charge >= 0.3 is 0 Å². The zero-order valence-electron chi connectivity index (χ0n) is 20.1. The Morgan fingerprint density at radius 1 is 1.00 bits per heavy atom. The number of carbonyl (C=O) groups is 1. The number of aromatic nitrogens is 2. The molecule has 1 aliphatic heterocycles. The van der Waals surface area contributed by atoms with Gasteiger partial charge in [0.05, 0.1) is 22.9 Å². The third-order valence-corrected chi connectivity index (χ3v) is 8.16. The first kappa shape index (κ1) is 24.6. The minimum absolute atomic E-state index is 0.0355. The van der Waals surface area contributed by atoms with Gasteiger partial charge in [-0.3, -0.25) is 4.79 Å². The number of hydrogen-bond donors (Lipinski definition) is 0. The Hall–Kier alpha value is -4.04. The van der Waals surface area contributed by atoms with Gasteiger partial charge in [0, 0.05) is 36.0 Å². The lowest BCUT2D eigenvalue weighted by atomic mass is 10.1. The Morgan fingerprint density at radius 3 is 2.32 bits per heavy atom. The van der Waals surface area contributed by atoms with Crippen molar-refractivity contribution in [2.75, 3.05) is 11.5 Å². The van der Waals surface area contributed by atoms with Gasteiger partial charge in [0.2, 0.25) is 5.91 Å². The molecule has 37 heavy (non-hydrogen) atoms. The van der Waals surface area contributed by atoms with Gasteiger partial charge in [-0.2, -0.15) is 5.10 Å². The van der Waals surface area contributed by atoms with Crippen LogP contribution < -0.4 is 0 Å². The molecule has 4 aromatic rings. The van der Waals surface area contributed by atoms with Crippen molar-refractivity contribution in [1.82, 2.24) is 14.7 Å². The van der Waals surface area contributed by atoms with Crippen molar-refractivity contribution in [3.8, 4) is 16.9 Å². The first-order valence-corrected chi connectivity index (χ1v) is 13.8. The van der Waals surface area contributed by atoms with E-state index in [0.29, 0.717) is 29.8 Å². The number of para-hydroxylation sites is 1. The molecule has 2 heterocycles. The van der Waals surface area contributed by atoms with E-state index in [0.717, 1.165) is 11.3 Å². The molecule has 1 unspecified atom stereocenters. The maximum Gasteiger partial charge on any atom is 0.247 e. The number of halogens is 1. The summed E-state index contributed by atoms with van der Waals surface area (Å²) in [5.74, 6) is -0.574. The lowest BCUT2D eigenvalue weighted by Crippen LogP contribution is -2.39. The summed E-state index contributed by atoms with van der Waals surface area (Å²) in [5, 5.41) is 4.71. The summed E-state index contributed by atoms with van der Waals surface area (Å²) >= 11 is 0. The largest absolute Gasteiger partial charge is 0.331 e. The Kier molecular flexibility index (Phi) is 7.01. The third-order valence-electron chi connectivity index (χ3n) is 6.41. The molecular formula is C29H26FN3O3S. The van der Waals surface area contributed by atoms with Crippen molar-refractivity contribution in [3.63, 3.8) is 0 Å². The fourth-order valence-electron chi connectivity index (χ4n) is 4.50. The van der Waals surface area contributed by atoms with Crippen molar-refractivity contribution >= 4 is 21.8 Å². The smallest absolute Gasteiger partial charge is 0.247 e. The zero-order chi connectivity index (χ0) is 25.8. The van der Waals surface area contributed by atoms with Gasteiger partial charge < -0.3 is 4.90 Å². The van der Waals surface area contributed by atoms with Crippen molar-refractivity contribution in [1.29, 1.82) is 0 Å². The van der Waals surface area contributed by atoms with Crippen LogP contribution in [0.2, 0.25) is 0 Å². The summed E-state index contributed by atoms with van der Waals surface area (Å²) in [7, 11) is -3.17. The van der Waals surface area contributed by atoms with E-state index in [1.54, 1.807) is 27.8 Å². The lowest BCUT2D eigenvalue weighted by Gasteiger charge is -2.27. The van der Waals surface area contributed by atoms with Crippen LogP contribution in [0.25, 0.3) is 23.0 Å². The molecule has 3 aromatic carbocycles. The second kappa shape index (κ2) is 10.5. The molecule has 6 nitrogen and oxygen atoms in total. The first-order valence-electron chi connectivity index (χ1n) is 12.0. The summed E-state index contributed by atoms with van der Waals surface area (Å²) in [6, 6.07) is 24.8. The normalized spacial score (nSPS) is 16.7. The predicted molar refractivity (Wildman–Crippen MR) is 142 cm³/mol. The zero-order valence-corrected chi connectivity index (χ0v) is 20.9. The Bertz CT molecular complexity index is 1520. The van der Waals surface area contributed by atoms with E-state index < -0.39 is 9.84 Å². The van der Waals surface area contributed by atoms with Gasteiger partial charge in [0.15, 0.2) is 9.84 Å². The second-order valence-electron chi connectivity index (χ2n) is 9.06. The maximum absolute atomic E-state index is 13.6. The van der Waals surface area contributed by atoms with E-state index in [1.807, 2.05) is 66.9 Å². The van der Waals surface area contributed by atoms with E-state index in [4.69, 9.17) is 5.10 Å². The highest BCUT2D eigenvalue weighted by atomic mass is 32.2. The van der Waals surface area contributed by atoms with E-state index in [2.05, 4.69) is 0 Å². The molecule has 1 fully saturated rings. The lowest BCUT2D eigenvalue weighted by molar-refractivity contribution is -0.128. The molecule has 1 aliphatic rings. The molecule has 1 saturated heterocycles. The van der Waals surface area contributed by atoms with Crippen LogP contribution in [0.4, 0.5) is 4.39 Å². The number of benzene rings is 3. The molecule has 0 spiro atoms. The van der Waals surface area contributed by atoms with Gasteiger partial charge in [0.25, 0.3) is 0 Å². The highest BCUT2D eigenvalue weighted by molar-refractivity contribution is 7.91. The molecule has 8 heteroatoms. The molecular weight excluding hydrogens is 489 g/mol. The average Bonchev–Trinajstić information content (AvgIpc) is 3.50. The van der Waals surface area contributed by atoms with E-state index in [-0.39, 0.29) is 29.3 Å². The number of nitrogens with zero attached hydrogens (tertiary/aromatic N) is 3. The summed E-state index contributed by atoms with van der Waals surface area (Å²) in [6.07, 6.45) is 5.39.